The molecule has 3 aliphatic heterocycles. The van der Waals surface area contributed by atoms with E-state index >= 15 is 0 Å². The molecule has 3 aromatic rings. The molecular formula is C26H29N5O2. The van der Waals surface area contributed by atoms with Crippen LogP contribution in [0.2, 0.25) is 0 Å². The van der Waals surface area contributed by atoms with Crippen LogP contribution >= 0.6 is 0 Å². The van der Waals surface area contributed by atoms with Gasteiger partial charge in [0.2, 0.25) is 0 Å². The SMILES string of the molecule is Cn1ccc(-c2ccc(-c3cc4c(nn3)N([C@@H]3C[C@H]5CC[C@@H](C3)N5)CCC4)c(O)c2)cc1=O. The molecule has 0 saturated carbocycles. The Hall–Kier alpha value is -3.19. The Bertz CT molecular complexity index is 1260. The number of phenols is 1. The molecule has 0 amide bonds. The number of benzene rings is 1. The number of piperidine rings is 1. The Labute approximate surface area is 193 Å². The van der Waals surface area contributed by atoms with Gasteiger partial charge in [-0.25, -0.2) is 0 Å². The second-order valence-electron chi connectivity index (χ2n) is 9.73. The van der Waals surface area contributed by atoms with Crippen LogP contribution in [0.1, 0.15) is 37.7 Å². The Morgan fingerprint density at radius 2 is 1.82 bits per heavy atom. The minimum Gasteiger partial charge on any atom is -0.507 e. The summed E-state index contributed by atoms with van der Waals surface area (Å²) in [4.78, 5) is 14.5. The summed E-state index contributed by atoms with van der Waals surface area (Å²) in [5, 5.41) is 23.7. The molecule has 3 aliphatic rings. The van der Waals surface area contributed by atoms with Crippen LogP contribution in [0.25, 0.3) is 22.4 Å². The van der Waals surface area contributed by atoms with Crippen LogP contribution in [0.3, 0.4) is 0 Å². The number of rotatable bonds is 3. The molecule has 5 heterocycles. The molecule has 2 N–H and O–H groups in total. The van der Waals surface area contributed by atoms with Gasteiger partial charge < -0.3 is 19.9 Å². The van der Waals surface area contributed by atoms with Crippen LogP contribution in [-0.4, -0.2) is 44.5 Å². The fourth-order valence-electron chi connectivity index (χ4n) is 5.82. The molecule has 2 saturated heterocycles. The molecule has 1 aromatic carbocycles. The zero-order valence-corrected chi connectivity index (χ0v) is 18.9. The van der Waals surface area contributed by atoms with Gasteiger partial charge in [-0.05, 0) is 79.5 Å². The molecule has 6 rings (SSSR count). The lowest BCUT2D eigenvalue weighted by atomic mass is 9.94. The normalized spacial score (nSPS) is 24.0. The van der Waals surface area contributed by atoms with E-state index in [9.17, 15) is 9.90 Å². The van der Waals surface area contributed by atoms with E-state index in [-0.39, 0.29) is 11.3 Å². The standard InChI is InChI=1S/C26H29N5O2/c1-30-10-8-17(13-25(30)33)16-4-7-22(24(32)12-16)23-11-18-3-2-9-31(26(18)29-28-23)21-14-19-5-6-20(15-21)27-19/h4,7-8,10-13,19-21,27,32H,2-3,5-6,9,14-15H2,1H3/t19-,20+,21-. The number of pyridine rings is 1. The fourth-order valence-corrected chi connectivity index (χ4v) is 5.82. The predicted octanol–water partition coefficient (Wildman–Crippen LogP) is 3.25. The van der Waals surface area contributed by atoms with Gasteiger partial charge >= 0.3 is 0 Å². The average Bonchev–Trinajstić information content (AvgIpc) is 3.17. The van der Waals surface area contributed by atoms with Gasteiger partial charge in [0.25, 0.3) is 5.56 Å². The van der Waals surface area contributed by atoms with Crippen molar-refractivity contribution in [2.24, 2.45) is 7.05 Å². The molecular weight excluding hydrogens is 414 g/mol. The summed E-state index contributed by atoms with van der Waals surface area (Å²) >= 11 is 0. The Morgan fingerprint density at radius 3 is 2.58 bits per heavy atom. The van der Waals surface area contributed by atoms with Crippen LogP contribution < -0.4 is 15.8 Å². The molecule has 0 unspecified atom stereocenters. The second-order valence-corrected chi connectivity index (χ2v) is 9.73. The lowest BCUT2D eigenvalue weighted by Crippen LogP contribution is -2.50. The van der Waals surface area contributed by atoms with Crippen molar-refractivity contribution in [2.75, 3.05) is 11.4 Å². The number of anilines is 1. The maximum atomic E-state index is 12.0. The van der Waals surface area contributed by atoms with E-state index in [1.807, 2.05) is 18.2 Å². The van der Waals surface area contributed by atoms with Crippen LogP contribution in [0.4, 0.5) is 5.82 Å². The minimum atomic E-state index is -0.0806. The highest BCUT2D eigenvalue weighted by atomic mass is 16.3. The summed E-state index contributed by atoms with van der Waals surface area (Å²) in [6.07, 6.45) is 8.79. The van der Waals surface area contributed by atoms with Crippen molar-refractivity contribution in [1.82, 2.24) is 20.1 Å². The van der Waals surface area contributed by atoms with Gasteiger partial charge in [-0.15, -0.1) is 10.2 Å². The third kappa shape index (κ3) is 3.70. The van der Waals surface area contributed by atoms with Crippen molar-refractivity contribution in [2.45, 2.75) is 56.7 Å². The maximum Gasteiger partial charge on any atom is 0.250 e. The van der Waals surface area contributed by atoms with E-state index in [2.05, 4.69) is 26.5 Å². The molecule has 0 radical (unpaired) electrons. The number of phenolic OH excluding ortho intramolecular Hbond substituents is 1. The van der Waals surface area contributed by atoms with Gasteiger partial charge in [-0.3, -0.25) is 4.79 Å². The van der Waals surface area contributed by atoms with Gasteiger partial charge in [-0.1, -0.05) is 6.07 Å². The van der Waals surface area contributed by atoms with Gasteiger partial charge in [-0.2, -0.15) is 0 Å². The number of aromatic hydroxyl groups is 1. The van der Waals surface area contributed by atoms with Crippen molar-refractivity contribution >= 4 is 5.82 Å². The van der Waals surface area contributed by atoms with E-state index in [1.54, 1.807) is 25.4 Å². The summed E-state index contributed by atoms with van der Waals surface area (Å²) in [6.45, 7) is 1.04. The largest absolute Gasteiger partial charge is 0.507 e. The number of fused-ring (bicyclic) bond motifs is 3. The number of nitrogens with one attached hydrogen (secondary N) is 1. The number of aromatic nitrogens is 3. The highest BCUT2D eigenvalue weighted by molar-refractivity contribution is 5.75. The zero-order chi connectivity index (χ0) is 22.5. The minimum absolute atomic E-state index is 0.0806. The van der Waals surface area contributed by atoms with Crippen LogP contribution in [0.15, 0.2) is 47.4 Å². The summed E-state index contributed by atoms with van der Waals surface area (Å²) in [5.41, 5.74) is 4.06. The summed E-state index contributed by atoms with van der Waals surface area (Å²) in [6, 6.07) is 12.9. The molecule has 2 bridgehead atoms. The van der Waals surface area contributed by atoms with Gasteiger partial charge in [0.15, 0.2) is 5.82 Å². The van der Waals surface area contributed by atoms with Crippen LogP contribution in [0.5, 0.6) is 5.75 Å². The first-order valence-corrected chi connectivity index (χ1v) is 11.9. The Balaban J connectivity index is 1.29. The fraction of sp³-hybridized carbons (Fsp3) is 0.423. The lowest BCUT2D eigenvalue weighted by molar-refractivity contribution is 0.341. The highest BCUT2D eigenvalue weighted by Gasteiger charge is 2.37. The van der Waals surface area contributed by atoms with Crippen molar-refractivity contribution in [3.63, 3.8) is 0 Å². The van der Waals surface area contributed by atoms with E-state index in [1.165, 1.54) is 35.8 Å². The molecule has 7 nitrogen and oxygen atoms in total. The maximum absolute atomic E-state index is 12.0. The van der Waals surface area contributed by atoms with E-state index in [4.69, 9.17) is 0 Å². The number of hydrogen-bond acceptors (Lipinski definition) is 6. The molecule has 0 spiro atoms. The van der Waals surface area contributed by atoms with Crippen molar-refractivity contribution in [3.05, 3.63) is 58.5 Å². The Kier molecular flexibility index (Phi) is 4.94. The van der Waals surface area contributed by atoms with Gasteiger partial charge in [0.05, 0.1) is 5.69 Å². The van der Waals surface area contributed by atoms with Crippen molar-refractivity contribution in [3.8, 4) is 28.1 Å². The lowest BCUT2D eigenvalue weighted by Gasteiger charge is -2.41. The molecule has 2 fully saturated rings. The molecule has 33 heavy (non-hydrogen) atoms. The van der Waals surface area contributed by atoms with Crippen LogP contribution in [0, 0.1) is 0 Å². The van der Waals surface area contributed by atoms with Crippen molar-refractivity contribution in [1.29, 1.82) is 0 Å². The number of nitrogens with zero attached hydrogens (tertiary/aromatic N) is 4. The first kappa shape index (κ1) is 20.4. The third-order valence-corrected chi connectivity index (χ3v) is 7.57. The predicted molar refractivity (Wildman–Crippen MR) is 128 cm³/mol. The average molecular weight is 444 g/mol. The molecule has 3 atom stereocenters. The second kappa shape index (κ2) is 7.99. The van der Waals surface area contributed by atoms with Gasteiger partial charge in [0, 0.05) is 49.5 Å². The molecule has 7 heteroatoms. The van der Waals surface area contributed by atoms with Crippen molar-refractivity contribution < 1.29 is 5.11 Å². The van der Waals surface area contributed by atoms with E-state index < -0.39 is 0 Å². The quantitative estimate of drug-likeness (QED) is 0.647. The smallest absolute Gasteiger partial charge is 0.250 e. The first-order chi connectivity index (χ1) is 16.0. The van der Waals surface area contributed by atoms with E-state index in [0.717, 1.165) is 36.3 Å². The van der Waals surface area contributed by atoms with E-state index in [0.29, 0.717) is 29.4 Å². The molecule has 2 aromatic heterocycles. The van der Waals surface area contributed by atoms with Gasteiger partial charge in [0.1, 0.15) is 5.75 Å². The topological polar surface area (TPSA) is 83.3 Å². The Morgan fingerprint density at radius 1 is 1.03 bits per heavy atom. The van der Waals surface area contributed by atoms with Crippen LogP contribution in [-0.2, 0) is 13.5 Å². The third-order valence-electron chi connectivity index (χ3n) is 7.57. The number of aryl methyl sites for hydroxylation is 2. The molecule has 170 valence electrons. The first-order valence-electron chi connectivity index (χ1n) is 11.9. The summed E-state index contributed by atoms with van der Waals surface area (Å²) in [5.74, 6) is 1.16. The monoisotopic (exact) mass is 443 g/mol. The summed E-state index contributed by atoms with van der Waals surface area (Å²) in [7, 11) is 1.72. The summed E-state index contributed by atoms with van der Waals surface area (Å²) < 4.78 is 1.53. The highest BCUT2D eigenvalue weighted by Crippen LogP contribution is 2.37. The number of hydrogen-bond donors (Lipinski definition) is 2. The zero-order valence-electron chi connectivity index (χ0n) is 18.9. The molecule has 0 aliphatic carbocycles.